The molecule has 2 atom stereocenters. The Morgan fingerprint density at radius 2 is 1.91 bits per heavy atom. The predicted octanol–water partition coefficient (Wildman–Crippen LogP) is 0.928. The highest BCUT2D eigenvalue weighted by atomic mass is 16.5. The summed E-state index contributed by atoms with van der Waals surface area (Å²) in [7, 11) is 1.67. The fourth-order valence-electron chi connectivity index (χ4n) is 5.33. The van der Waals surface area contributed by atoms with Gasteiger partial charge in [0.2, 0.25) is 11.8 Å². The molecule has 3 aliphatic rings. The Hall–Kier alpha value is -3.17. The van der Waals surface area contributed by atoms with Crippen LogP contribution in [0, 0.1) is 5.92 Å². The van der Waals surface area contributed by atoms with E-state index in [1.807, 2.05) is 23.1 Å². The SMILES string of the molecule is COc1ccc2c(c1)N1CCN(CC(=O)N3CCOCC3)C[C@H]1[C@@H](C(=O)NCc1ccncc1)C2. The van der Waals surface area contributed by atoms with Gasteiger partial charge in [-0.25, -0.2) is 0 Å². The number of fused-ring (bicyclic) bond motifs is 3. The number of morpholine rings is 1. The van der Waals surface area contributed by atoms with Crippen molar-refractivity contribution in [2.24, 2.45) is 5.92 Å². The monoisotopic (exact) mass is 479 g/mol. The number of aromatic nitrogens is 1. The zero-order chi connectivity index (χ0) is 24.2. The van der Waals surface area contributed by atoms with Gasteiger partial charge in [-0.2, -0.15) is 0 Å². The third-order valence-corrected chi connectivity index (χ3v) is 7.28. The molecular formula is C26H33N5O4. The van der Waals surface area contributed by atoms with Crippen LogP contribution in [-0.4, -0.2) is 92.2 Å². The van der Waals surface area contributed by atoms with Crippen LogP contribution in [0.3, 0.4) is 0 Å². The lowest BCUT2D eigenvalue weighted by Gasteiger charge is -2.49. The Kier molecular flexibility index (Phi) is 7.15. The molecule has 9 heteroatoms. The fourth-order valence-corrected chi connectivity index (χ4v) is 5.33. The second kappa shape index (κ2) is 10.6. The molecule has 2 amide bonds. The topological polar surface area (TPSA) is 87.2 Å². The molecule has 1 aromatic carbocycles. The molecule has 2 saturated heterocycles. The molecule has 1 aromatic heterocycles. The molecule has 0 radical (unpaired) electrons. The Balaban J connectivity index is 1.33. The first-order valence-electron chi connectivity index (χ1n) is 12.3. The fraction of sp³-hybridized carbons (Fsp3) is 0.500. The van der Waals surface area contributed by atoms with Crippen LogP contribution in [0.5, 0.6) is 5.75 Å². The number of carbonyl (C=O) groups is 2. The molecule has 0 saturated carbocycles. The maximum Gasteiger partial charge on any atom is 0.236 e. The normalized spacial score (nSPS) is 22.2. The van der Waals surface area contributed by atoms with Crippen LogP contribution in [0.25, 0.3) is 0 Å². The summed E-state index contributed by atoms with van der Waals surface area (Å²) in [5.74, 6) is 0.782. The van der Waals surface area contributed by atoms with Crippen molar-refractivity contribution < 1.29 is 19.1 Å². The molecule has 0 bridgehead atoms. The van der Waals surface area contributed by atoms with Crippen LogP contribution in [0.2, 0.25) is 0 Å². The largest absolute Gasteiger partial charge is 0.497 e. The number of amides is 2. The number of anilines is 1. The summed E-state index contributed by atoms with van der Waals surface area (Å²) in [4.78, 5) is 36.8. The smallest absolute Gasteiger partial charge is 0.236 e. The molecule has 0 unspecified atom stereocenters. The van der Waals surface area contributed by atoms with Gasteiger partial charge in [0.1, 0.15) is 5.75 Å². The number of nitrogens with zero attached hydrogens (tertiary/aromatic N) is 4. The van der Waals surface area contributed by atoms with Crippen molar-refractivity contribution in [2.75, 3.05) is 64.5 Å². The average Bonchev–Trinajstić information content (AvgIpc) is 2.92. The van der Waals surface area contributed by atoms with Crippen LogP contribution in [0.4, 0.5) is 5.69 Å². The van der Waals surface area contributed by atoms with Gasteiger partial charge in [-0.1, -0.05) is 6.07 Å². The number of methoxy groups -OCH3 is 1. The minimum absolute atomic E-state index is 0.0155. The number of benzene rings is 1. The van der Waals surface area contributed by atoms with E-state index < -0.39 is 0 Å². The number of hydrogen-bond donors (Lipinski definition) is 1. The van der Waals surface area contributed by atoms with Crippen LogP contribution in [0.1, 0.15) is 11.1 Å². The van der Waals surface area contributed by atoms with E-state index in [0.717, 1.165) is 35.7 Å². The van der Waals surface area contributed by atoms with Crippen molar-refractivity contribution >= 4 is 17.5 Å². The standard InChI is InChI=1S/C26H33N5O4/c1-34-21-3-2-20-14-22(26(33)28-16-19-4-6-27-7-5-19)24-17-29(8-9-31(24)23(20)15-21)18-25(32)30-10-12-35-13-11-30/h2-7,15,22,24H,8-14,16-18H2,1H3,(H,28,33)/t22-,24-/m0/s1. The van der Waals surface area contributed by atoms with E-state index in [4.69, 9.17) is 9.47 Å². The van der Waals surface area contributed by atoms with E-state index in [9.17, 15) is 9.59 Å². The van der Waals surface area contributed by atoms with E-state index >= 15 is 0 Å². The zero-order valence-electron chi connectivity index (χ0n) is 20.2. The predicted molar refractivity (Wildman–Crippen MR) is 131 cm³/mol. The van der Waals surface area contributed by atoms with Crippen molar-refractivity contribution in [3.8, 4) is 5.75 Å². The minimum Gasteiger partial charge on any atom is -0.497 e. The summed E-state index contributed by atoms with van der Waals surface area (Å²) in [6.07, 6.45) is 4.13. The molecular weight excluding hydrogens is 446 g/mol. The van der Waals surface area contributed by atoms with Crippen molar-refractivity contribution in [2.45, 2.75) is 19.0 Å². The van der Waals surface area contributed by atoms with Gasteiger partial charge in [0, 0.05) is 63.4 Å². The number of nitrogens with one attached hydrogen (secondary N) is 1. The Morgan fingerprint density at radius 3 is 2.69 bits per heavy atom. The summed E-state index contributed by atoms with van der Waals surface area (Å²) in [6.45, 7) is 5.54. The van der Waals surface area contributed by atoms with E-state index in [1.54, 1.807) is 19.5 Å². The van der Waals surface area contributed by atoms with Crippen LogP contribution >= 0.6 is 0 Å². The Labute approximate surface area is 206 Å². The number of rotatable bonds is 6. The van der Waals surface area contributed by atoms with Gasteiger partial charge in [0.05, 0.1) is 38.8 Å². The molecule has 0 spiro atoms. The molecule has 0 aliphatic carbocycles. The Bertz CT molecular complexity index is 1040. The number of ether oxygens (including phenoxy) is 2. The van der Waals surface area contributed by atoms with E-state index in [-0.39, 0.29) is 23.8 Å². The highest BCUT2D eigenvalue weighted by molar-refractivity contribution is 5.82. The second-order valence-electron chi connectivity index (χ2n) is 9.37. The summed E-state index contributed by atoms with van der Waals surface area (Å²) >= 11 is 0. The van der Waals surface area contributed by atoms with Crippen molar-refractivity contribution in [1.82, 2.24) is 20.1 Å². The molecule has 3 aliphatic heterocycles. The molecule has 1 N–H and O–H groups in total. The van der Waals surface area contributed by atoms with Gasteiger partial charge in [-0.05, 0) is 35.7 Å². The molecule has 2 fully saturated rings. The molecule has 35 heavy (non-hydrogen) atoms. The maximum absolute atomic E-state index is 13.4. The van der Waals surface area contributed by atoms with E-state index in [0.29, 0.717) is 52.4 Å². The van der Waals surface area contributed by atoms with Crippen LogP contribution < -0.4 is 15.0 Å². The van der Waals surface area contributed by atoms with Crippen LogP contribution in [-0.2, 0) is 27.3 Å². The molecule has 9 nitrogen and oxygen atoms in total. The highest BCUT2D eigenvalue weighted by Crippen LogP contribution is 2.38. The number of hydrogen-bond acceptors (Lipinski definition) is 7. The summed E-state index contributed by atoms with van der Waals surface area (Å²) < 4.78 is 10.9. The summed E-state index contributed by atoms with van der Waals surface area (Å²) in [5, 5.41) is 3.14. The van der Waals surface area contributed by atoms with Crippen molar-refractivity contribution in [3.05, 3.63) is 53.9 Å². The lowest BCUT2D eigenvalue weighted by Crippen LogP contribution is -2.62. The molecule has 4 heterocycles. The first-order chi connectivity index (χ1) is 17.1. The maximum atomic E-state index is 13.4. The number of pyridine rings is 1. The quantitative estimate of drug-likeness (QED) is 0.660. The van der Waals surface area contributed by atoms with Crippen molar-refractivity contribution in [1.29, 1.82) is 0 Å². The lowest BCUT2D eigenvalue weighted by molar-refractivity contribution is -0.136. The van der Waals surface area contributed by atoms with Gasteiger partial charge in [-0.3, -0.25) is 19.5 Å². The van der Waals surface area contributed by atoms with Gasteiger partial charge in [-0.15, -0.1) is 0 Å². The van der Waals surface area contributed by atoms with Gasteiger partial charge in [0.15, 0.2) is 0 Å². The molecule has 2 aromatic rings. The number of carbonyl (C=O) groups excluding carboxylic acids is 2. The first-order valence-corrected chi connectivity index (χ1v) is 12.3. The third-order valence-electron chi connectivity index (χ3n) is 7.28. The molecule has 186 valence electrons. The number of piperazine rings is 1. The minimum atomic E-state index is -0.209. The molecule has 5 rings (SSSR count). The van der Waals surface area contributed by atoms with E-state index in [2.05, 4.69) is 32.2 Å². The Morgan fingerprint density at radius 1 is 1.11 bits per heavy atom. The van der Waals surface area contributed by atoms with Gasteiger partial charge >= 0.3 is 0 Å². The lowest BCUT2D eigenvalue weighted by atomic mass is 9.83. The third kappa shape index (κ3) is 5.26. The van der Waals surface area contributed by atoms with Crippen molar-refractivity contribution in [3.63, 3.8) is 0 Å². The second-order valence-corrected chi connectivity index (χ2v) is 9.37. The van der Waals surface area contributed by atoms with Gasteiger partial charge < -0.3 is 24.6 Å². The zero-order valence-corrected chi connectivity index (χ0v) is 20.2. The summed E-state index contributed by atoms with van der Waals surface area (Å²) in [5.41, 5.74) is 3.31. The first kappa shape index (κ1) is 23.6. The average molecular weight is 480 g/mol. The highest BCUT2D eigenvalue weighted by Gasteiger charge is 2.42. The van der Waals surface area contributed by atoms with Crippen LogP contribution in [0.15, 0.2) is 42.7 Å². The van der Waals surface area contributed by atoms with E-state index in [1.165, 1.54) is 0 Å². The summed E-state index contributed by atoms with van der Waals surface area (Å²) in [6, 6.07) is 9.91. The van der Waals surface area contributed by atoms with Gasteiger partial charge in [0.25, 0.3) is 0 Å².